The van der Waals surface area contributed by atoms with Gasteiger partial charge in [-0.1, -0.05) is 15.9 Å². The Morgan fingerprint density at radius 2 is 2.09 bits per heavy atom. The minimum atomic E-state index is 0.371. The highest BCUT2D eigenvalue weighted by atomic mass is 79.9. The van der Waals surface area contributed by atoms with Crippen LogP contribution in [0.15, 0.2) is 22.7 Å². The van der Waals surface area contributed by atoms with Gasteiger partial charge in [0.15, 0.2) is 4.98 Å². The van der Waals surface area contributed by atoms with Crippen LogP contribution in [-0.4, -0.2) is 0 Å². The molecule has 0 aliphatic carbocycles. The molecule has 0 fully saturated rings. The highest BCUT2D eigenvalue weighted by Crippen LogP contribution is 2.20. The summed E-state index contributed by atoms with van der Waals surface area (Å²) in [7, 11) is 0. The van der Waals surface area contributed by atoms with Crippen LogP contribution in [0.1, 0.15) is 5.56 Å². The van der Waals surface area contributed by atoms with Crippen molar-refractivity contribution in [1.29, 1.82) is 10.7 Å². The molecule has 0 saturated heterocycles. The van der Waals surface area contributed by atoms with Crippen LogP contribution in [-0.2, 0) is 0 Å². The van der Waals surface area contributed by atoms with Crippen LogP contribution in [0, 0.1) is 16.7 Å². The smallest absolute Gasteiger partial charge is 0.192 e. The molecule has 0 bridgehead atoms. The number of hydrogen-bond acceptors (Lipinski definition) is 2. The van der Waals surface area contributed by atoms with E-state index >= 15 is 0 Å². The van der Waals surface area contributed by atoms with Crippen LogP contribution in [0.2, 0.25) is 0 Å². The van der Waals surface area contributed by atoms with E-state index in [-0.39, 0.29) is 0 Å². The molecule has 0 aliphatic heterocycles. The Hall–Kier alpha value is -1.39. The summed E-state index contributed by atoms with van der Waals surface area (Å²) in [6.07, 6.45) is 0. The van der Waals surface area contributed by atoms with Crippen molar-refractivity contribution in [2.24, 2.45) is 0 Å². The van der Waals surface area contributed by atoms with Gasteiger partial charge in [-0.15, -0.1) is 0 Å². The van der Waals surface area contributed by atoms with Crippen molar-refractivity contribution in [3.63, 3.8) is 0 Å². The minimum Gasteiger partial charge on any atom is -0.192 e. The largest absolute Gasteiger partial charge is 0.387 e. The Labute approximate surface area is 72.0 Å². The van der Waals surface area contributed by atoms with Gasteiger partial charge in [-0.05, 0) is 6.07 Å². The number of hydrogen-bond donors (Lipinski definition) is 0. The van der Waals surface area contributed by atoms with Gasteiger partial charge in [0.05, 0.1) is 17.7 Å². The Morgan fingerprint density at radius 3 is 2.64 bits per heavy atom. The normalized spacial score (nSPS) is 8.27. The van der Waals surface area contributed by atoms with Gasteiger partial charge in [-0.25, -0.2) is 0 Å². The summed E-state index contributed by atoms with van der Waals surface area (Å²) >= 11 is 3.17. The molecule has 0 radical (unpaired) electrons. The minimum absolute atomic E-state index is 0.371. The number of halogens is 1. The average molecular weight is 209 g/mol. The van der Waals surface area contributed by atoms with Crippen molar-refractivity contribution in [1.82, 2.24) is 0 Å². The maximum Gasteiger partial charge on any atom is 0.387 e. The molecule has 11 heavy (non-hydrogen) atoms. The van der Waals surface area contributed by atoms with Crippen molar-refractivity contribution in [3.05, 3.63) is 33.2 Å². The van der Waals surface area contributed by atoms with Crippen molar-refractivity contribution < 1.29 is 0 Å². The fourth-order valence-corrected chi connectivity index (χ4v) is 1.18. The average Bonchev–Trinajstić information content (AvgIpc) is 2.03. The second-order valence-electron chi connectivity index (χ2n) is 1.91. The Morgan fingerprint density at radius 1 is 1.36 bits per heavy atom. The first-order chi connectivity index (χ1) is 5.26. The van der Waals surface area contributed by atoms with Crippen LogP contribution in [0.4, 0.5) is 5.69 Å². The van der Waals surface area contributed by atoms with Crippen molar-refractivity contribution in [2.45, 2.75) is 0 Å². The van der Waals surface area contributed by atoms with Gasteiger partial charge >= 0.3 is 5.69 Å². The van der Waals surface area contributed by atoms with Gasteiger partial charge in [0.1, 0.15) is 0 Å². The fourth-order valence-electron chi connectivity index (χ4n) is 0.696. The van der Waals surface area contributed by atoms with E-state index < -0.39 is 0 Å². The first-order valence-electron chi connectivity index (χ1n) is 2.82. The standard InChI is InChI=1S/C7H3BrN3/c8-6-1-5(4-9)2-7(3-6)11-10/h1-3H/q+1. The van der Waals surface area contributed by atoms with E-state index in [9.17, 15) is 0 Å². The van der Waals surface area contributed by atoms with E-state index in [0.29, 0.717) is 11.3 Å². The lowest BCUT2D eigenvalue weighted by molar-refractivity contribution is 1.44. The zero-order valence-corrected chi connectivity index (χ0v) is 7.04. The summed E-state index contributed by atoms with van der Waals surface area (Å²) in [6.45, 7) is 0. The Bertz CT molecular complexity index is 327. The number of diazo groups is 1. The van der Waals surface area contributed by atoms with Gasteiger partial charge in [0, 0.05) is 10.5 Å². The van der Waals surface area contributed by atoms with E-state index in [2.05, 4.69) is 20.9 Å². The van der Waals surface area contributed by atoms with E-state index in [4.69, 9.17) is 10.7 Å². The molecule has 0 spiro atoms. The first kappa shape index (κ1) is 7.71. The lowest BCUT2D eigenvalue weighted by atomic mass is 10.2. The molecule has 3 nitrogen and oxygen atoms in total. The molecule has 1 rings (SSSR count). The third-order valence-corrected chi connectivity index (χ3v) is 1.58. The quantitative estimate of drug-likeness (QED) is 0.616. The second-order valence-corrected chi connectivity index (χ2v) is 2.83. The van der Waals surface area contributed by atoms with Crippen LogP contribution in [0.25, 0.3) is 4.98 Å². The lowest BCUT2D eigenvalue weighted by Gasteiger charge is -1.85. The summed E-state index contributed by atoms with van der Waals surface area (Å²) in [5, 5.41) is 16.9. The molecule has 4 heteroatoms. The molecule has 0 atom stereocenters. The molecule has 0 N–H and O–H groups in total. The molecule has 1 aromatic carbocycles. The summed E-state index contributed by atoms with van der Waals surface area (Å²) in [5.74, 6) is 0. The second kappa shape index (κ2) is 3.14. The van der Waals surface area contributed by atoms with Crippen LogP contribution >= 0.6 is 15.9 Å². The lowest BCUT2D eigenvalue weighted by Crippen LogP contribution is -1.72. The molecule has 0 aromatic heterocycles. The van der Waals surface area contributed by atoms with Crippen LogP contribution in [0.5, 0.6) is 0 Å². The highest BCUT2D eigenvalue weighted by molar-refractivity contribution is 9.10. The molecule has 1 aromatic rings. The summed E-state index contributed by atoms with van der Waals surface area (Å²) < 4.78 is 0.726. The molecular weight excluding hydrogens is 206 g/mol. The topological polar surface area (TPSA) is 51.9 Å². The monoisotopic (exact) mass is 208 g/mol. The molecule has 0 saturated carbocycles. The highest BCUT2D eigenvalue weighted by Gasteiger charge is 2.06. The number of benzene rings is 1. The van der Waals surface area contributed by atoms with Crippen molar-refractivity contribution >= 4 is 21.6 Å². The summed E-state index contributed by atoms with van der Waals surface area (Å²) in [4.78, 5) is 2.96. The maximum atomic E-state index is 8.49. The third kappa shape index (κ3) is 1.76. The summed E-state index contributed by atoms with van der Waals surface area (Å²) in [5.41, 5.74) is 0.836. The maximum absolute atomic E-state index is 8.49. The zero-order chi connectivity index (χ0) is 8.27. The molecule has 0 unspecified atom stereocenters. The Kier molecular flexibility index (Phi) is 2.20. The molecular formula is C7H3BrN3+. The number of nitriles is 1. The van der Waals surface area contributed by atoms with E-state index in [1.807, 2.05) is 6.07 Å². The van der Waals surface area contributed by atoms with Crippen LogP contribution in [0.3, 0.4) is 0 Å². The number of nitrogens with zero attached hydrogens (tertiary/aromatic N) is 3. The Balaban J connectivity index is 3.28. The van der Waals surface area contributed by atoms with E-state index in [0.717, 1.165) is 4.47 Å². The molecule has 0 aliphatic rings. The van der Waals surface area contributed by atoms with Gasteiger partial charge < -0.3 is 0 Å². The van der Waals surface area contributed by atoms with Gasteiger partial charge in [-0.3, -0.25) is 0 Å². The third-order valence-electron chi connectivity index (χ3n) is 1.13. The molecule has 0 heterocycles. The molecule has 0 amide bonds. The van der Waals surface area contributed by atoms with E-state index in [1.54, 1.807) is 12.1 Å². The van der Waals surface area contributed by atoms with E-state index in [1.165, 1.54) is 6.07 Å². The van der Waals surface area contributed by atoms with Crippen LogP contribution < -0.4 is 0 Å². The van der Waals surface area contributed by atoms with Gasteiger partial charge in [0.25, 0.3) is 0 Å². The van der Waals surface area contributed by atoms with Gasteiger partial charge in [-0.2, -0.15) is 5.26 Å². The number of rotatable bonds is 0. The van der Waals surface area contributed by atoms with Crippen molar-refractivity contribution in [2.75, 3.05) is 0 Å². The fraction of sp³-hybridized carbons (Fsp3) is 0. The van der Waals surface area contributed by atoms with Crippen molar-refractivity contribution in [3.8, 4) is 6.07 Å². The zero-order valence-electron chi connectivity index (χ0n) is 5.45. The first-order valence-corrected chi connectivity index (χ1v) is 3.61. The summed E-state index contributed by atoms with van der Waals surface area (Å²) in [6, 6.07) is 6.69. The molecule has 52 valence electrons. The van der Waals surface area contributed by atoms with Gasteiger partial charge in [0.2, 0.25) is 5.39 Å². The SMILES string of the molecule is N#Cc1cc(Br)cc([N+]#N)c1. The predicted octanol–water partition coefficient (Wildman–Crippen LogP) is 2.81. The predicted molar refractivity (Wildman–Crippen MR) is 43.6 cm³/mol.